The standard InChI is InChI=1S/C18H28N4O2/c1-20(2)11-12-21-13-14-24-17-6-10-22(9-5-16(17)21)18(23)15-3-7-19-8-4-15/h3-4,7-8,16-17H,5-6,9-14H2,1-2H3/t16-,17+/m1/s1. The van der Waals surface area contributed by atoms with Crippen LogP contribution in [0.4, 0.5) is 0 Å². The molecule has 0 aromatic carbocycles. The first-order chi connectivity index (χ1) is 11.6. The van der Waals surface area contributed by atoms with Crippen LogP contribution in [0.15, 0.2) is 24.5 Å². The molecule has 0 unspecified atom stereocenters. The second kappa shape index (κ2) is 8.05. The van der Waals surface area contributed by atoms with Gasteiger partial charge in [-0.2, -0.15) is 0 Å². The van der Waals surface area contributed by atoms with Crippen LogP contribution in [-0.2, 0) is 4.74 Å². The highest BCUT2D eigenvalue weighted by atomic mass is 16.5. The number of likely N-dealkylation sites (tertiary alicyclic amines) is 1. The molecule has 6 heteroatoms. The molecule has 0 bridgehead atoms. The minimum Gasteiger partial charge on any atom is -0.375 e. The van der Waals surface area contributed by atoms with E-state index in [1.807, 2.05) is 4.90 Å². The Bertz CT molecular complexity index is 537. The molecule has 0 saturated carbocycles. The summed E-state index contributed by atoms with van der Waals surface area (Å²) in [7, 11) is 4.22. The van der Waals surface area contributed by atoms with E-state index in [1.54, 1.807) is 24.5 Å². The summed E-state index contributed by atoms with van der Waals surface area (Å²) in [4.78, 5) is 23.4. The van der Waals surface area contributed by atoms with Gasteiger partial charge < -0.3 is 14.5 Å². The van der Waals surface area contributed by atoms with Crippen LogP contribution in [-0.4, -0.2) is 91.2 Å². The van der Waals surface area contributed by atoms with Crippen molar-refractivity contribution in [2.75, 3.05) is 53.4 Å². The maximum atomic E-state index is 12.7. The third-order valence-electron chi connectivity index (χ3n) is 5.04. The fraction of sp³-hybridized carbons (Fsp3) is 0.667. The van der Waals surface area contributed by atoms with Gasteiger partial charge in [0.05, 0.1) is 12.7 Å². The van der Waals surface area contributed by atoms with Crippen LogP contribution in [0, 0.1) is 0 Å². The highest BCUT2D eigenvalue weighted by Crippen LogP contribution is 2.24. The number of rotatable bonds is 4. The van der Waals surface area contributed by atoms with Crippen molar-refractivity contribution in [3.05, 3.63) is 30.1 Å². The summed E-state index contributed by atoms with van der Waals surface area (Å²) in [5.74, 6) is 0.107. The van der Waals surface area contributed by atoms with Gasteiger partial charge in [0.25, 0.3) is 5.91 Å². The van der Waals surface area contributed by atoms with Crippen molar-refractivity contribution in [1.29, 1.82) is 0 Å². The summed E-state index contributed by atoms with van der Waals surface area (Å²) in [6.45, 7) is 5.48. The van der Waals surface area contributed by atoms with E-state index in [0.29, 0.717) is 6.04 Å². The Kier molecular flexibility index (Phi) is 5.81. The third kappa shape index (κ3) is 4.12. The van der Waals surface area contributed by atoms with Gasteiger partial charge in [0.2, 0.25) is 0 Å². The molecule has 2 aliphatic rings. The molecule has 6 nitrogen and oxygen atoms in total. The predicted octanol–water partition coefficient (Wildman–Crippen LogP) is 0.949. The van der Waals surface area contributed by atoms with Gasteiger partial charge in [0.1, 0.15) is 0 Å². The van der Waals surface area contributed by atoms with Crippen LogP contribution < -0.4 is 0 Å². The number of hydrogen-bond donors (Lipinski definition) is 0. The van der Waals surface area contributed by atoms with Gasteiger partial charge >= 0.3 is 0 Å². The van der Waals surface area contributed by atoms with E-state index in [4.69, 9.17) is 4.74 Å². The number of ether oxygens (including phenoxy) is 1. The third-order valence-corrected chi connectivity index (χ3v) is 5.04. The molecule has 1 aromatic heterocycles. The lowest BCUT2D eigenvalue weighted by Gasteiger charge is -2.40. The van der Waals surface area contributed by atoms with Crippen molar-refractivity contribution in [2.45, 2.75) is 25.0 Å². The number of carbonyl (C=O) groups excluding carboxylic acids is 1. The first-order valence-electron chi connectivity index (χ1n) is 8.85. The summed E-state index contributed by atoms with van der Waals surface area (Å²) in [5, 5.41) is 0. The Morgan fingerprint density at radius 2 is 2.00 bits per heavy atom. The van der Waals surface area contributed by atoms with Gasteiger partial charge in [-0.15, -0.1) is 0 Å². The Morgan fingerprint density at radius 3 is 2.75 bits per heavy atom. The molecule has 2 fully saturated rings. The fourth-order valence-corrected chi connectivity index (χ4v) is 3.65. The fourth-order valence-electron chi connectivity index (χ4n) is 3.65. The molecule has 24 heavy (non-hydrogen) atoms. The molecule has 3 rings (SSSR count). The lowest BCUT2D eigenvalue weighted by Crippen LogP contribution is -2.52. The normalized spacial score (nSPS) is 25.4. The van der Waals surface area contributed by atoms with Crippen molar-refractivity contribution >= 4 is 5.91 Å². The number of aromatic nitrogens is 1. The van der Waals surface area contributed by atoms with E-state index in [-0.39, 0.29) is 12.0 Å². The second-order valence-electron chi connectivity index (χ2n) is 6.92. The second-order valence-corrected chi connectivity index (χ2v) is 6.92. The average Bonchev–Trinajstić information content (AvgIpc) is 2.83. The monoisotopic (exact) mass is 332 g/mol. The molecule has 1 amide bonds. The zero-order valence-corrected chi connectivity index (χ0v) is 14.7. The average molecular weight is 332 g/mol. The van der Waals surface area contributed by atoms with Crippen molar-refractivity contribution in [3.8, 4) is 0 Å². The molecular weight excluding hydrogens is 304 g/mol. The summed E-state index contributed by atoms with van der Waals surface area (Å²) >= 11 is 0. The number of carbonyl (C=O) groups is 1. The van der Waals surface area contributed by atoms with Crippen molar-refractivity contribution < 1.29 is 9.53 Å². The molecule has 0 radical (unpaired) electrons. The molecule has 0 spiro atoms. The molecule has 1 aromatic rings. The highest BCUT2D eigenvalue weighted by Gasteiger charge is 2.35. The van der Waals surface area contributed by atoms with E-state index in [0.717, 1.165) is 57.7 Å². The SMILES string of the molecule is CN(C)CCN1CCO[C@H]2CCN(C(=O)c3ccncc3)CC[C@H]21. The van der Waals surface area contributed by atoms with E-state index in [9.17, 15) is 4.79 Å². The Hall–Kier alpha value is -1.50. The minimum atomic E-state index is 0.107. The number of hydrogen-bond acceptors (Lipinski definition) is 5. The molecule has 3 heterocycles. The molecular formula is C18H28N4O2. The molecule has 2 atom stereocenters. The van der Waals surface area contributed by atoms with Crippen molar-refractivity contribution in [3.63, 3.8) is 0 Å². The van der Waals surface area contributed by atoms with Gasteiger partial charge in [0, 0.05) is 56.7 Å². The van der Waals surface area contributed by atoms with Gasteiger partial charge in [-0.1, -0.05) is 0 Å². The summed E-state index contributed by atoms with van der Waals surface area (Å²) in [6.07, 6.45) is 5.50. The van der Waals surface area contributed by atoms with Crippen LogP contribution in [0.1, 0.15) is 23.2 Å². The van der Waals surface area contributed by atoms with E-state index in [1.165, 1.54) is 0 Å². The number of amides is 1. The first-order valence-corrected chi connectivity index (χ1v) is 8.85. The quantitative estimate of drug-likeness (QED) is 0.822. The van der Waals surface area contributed by atoms with Crippen LogP contribution >= 0.6 is 0 Å². The number of nitrogens with zero attached hydrogens (tertiary/aromatic N) is 4. The summed E-state index contributed by atoms with van der Waals surface area (Å²) < 4.78 is 6.03. The minimum absolute atomic E-state index is 0.107. The van der Waals surface area contributed by atoms with Crippen LogP contribution in [0.25, 0.3) is 0 Å². The largest absolute Gasteiger partial charge is 0.375 e. The molecule has 0 aliphatic carbocycles. The zero-order chi connectivity index (χ0) is 16.9. The van der Waals surface area contributed by atoms with Crippen LogP contribution in [0.3, 0.4) is 0 Å². The molecule has 2 aliphatic heterocycles. The molecule has 0 N–H and O–H groups in total. The highest BCUT2D eigenvalue weighted by molar-refractivity contribution is 5.94. The topological polar surface area (TPSA) is 48.9 Å². The van der Waals surface area contributed by atoms with E-state index < -0.39 is 0 Å². The Balaban J connectivity index is 1.64. The Labute approximate surface area is 144 Å². The van der Waals surface area contributed by atoms with Gasteiger partial charge in [-0.3, -0.25) is 14.7 Å². The van der Waals surface area contributed by atoms with E-state index >= 15 is 0 Å². The Morgan fingerprint density at radius 1 is 1.25 bits per heavy atom. The number of fused-ring (bicyclic) bond motifs is 1. The lowest BCUT2D eigenvalue weighted by atomic mass is 10.0. The van der Waals surface area contributed by atoms with Gasteiger partial charge in [-0.05, 0) is 39.1 Å². The summed E-state index contributed by atoms with van der Waals surface area (Å²) in [6, 6.07) is 4.01. The summed E-state index contributed by atoms with van der Waals surface area (Å²) in [5.41, 5.74) is 0.722. The van der Waals surface area contributed by atoms with Crippen molar-refractivity contribution in [2.24, 2.45) is 0 Å². The number of likely N-dealkylation sites (N-methyl/N-ethyl adjacent to an activating group) is 1. The van der Waals surface area contributed by atoms with Crippen LogP contribution in [0.2, 0.25) is 0 Å². The maximum absolute atomic E-state index is 12.7. The number of pyridine rings is 1. The van der Waals surface area contributed by atoms with Crippen LogP contribution in [0.5, 0.6) is 0 Å². The predicted molar refractivity (Wildman–Crippen MR) is 93.0 cm³/mol. The zero-order valence-electron chi connectivity index (χ0n) is 14.7. The van der Waals surface area contributed by atoms with Gasteiger partial charge in [0.15, 0.2) is 0 Å². The van der Waals surface area contributed by atoms with E-state index in [2.05, 4.69) is 28.9 Å². The van der Waals surface area contributed by atoms with Gasteiger partial charge in [-0.25, -0.2) is 0 Å². The molecule has 2 saturated heterocycles. The molecule has 132 valence electrons. The lowest BCUT2D eigenvalue weighted by molar-refractivity contribution is -0.0724. The van der Waals surface area contributed by atoms with Crippen molar-refractivity contribution in [1.82, 2.24) is 19.7 Å². The maximum Gasteiger partial charge on any atom is 0.253 e. The first kappa shape index (κ1) is 17.3. The smallest absolute Gasteiger partial charge is 0.253 e. The number of morpholine rings is 1.